The van der Waals surface area contributed by atoms with Crippen LogP contribution in [0.2, 0.25) is 0 Å². The third-order valence-electron chi connectivity index (χ3n) is 3.44. The Labute approximate surface area is 166 Å². The van der Waals surface area contributed by atoms with Gasteiger partial charge in [-0.3, -0.25) is 9.59 Å². The SMILES string of the molecule is CCOc1ccc(OCCC(=O)OCC(=O)Nc2ccc(OC(F)F)cc2)cc1. The third-order valence-corrected chi connectivity index (χ3v) is 3.44. The lowest BCUT2D eigenvalue weighted by molar-refractivity contribution is -0.147. The molecule has 9 heteroatoms. The normalized spacial score (nSPS) is 10.3. The van der Waals surface area contributed by atoms with Crippen molar-refractivity contribution >= 4 is 17.6 Å². The molecule has 2 rings (SSSR count). The molecule has 0 heterocycles. The molecule has 29 heavy (non-hydrogen) atoms. The molecular weight excluding hydrogens is 388 g/mol. The van der Waals surface area contributed by atoms with Crippen molar-refractivity contribution in [3.8, 4) is 17.2 Å². The molecule has 0 fully saturated rings. The molecule has 7 nitrogen and oxygen atoms in total. The van der Waals surface area contributed by atoms with Gasteiger partial charge in [0.2, 0.25) is 0 Å². The van der Waals surface area contributed by atoms with Gasteiger partial charge in [-0.05, 0) is 55.5 Å². The smallest absolute Gasteiger partial charge is 0.387 e. The number of esters is 1. The minimum Gasteiger partial charge on any atom is -0.494 e. The van der Waals surface area contributed by atoms with Gasteiger partial charge in [-0.25, -0.2) is 0 Å². The van der Waals surface area contributed by atoms with Gasteiger partial charge in [-0.2, -0.15) is 8.78 Å². The quantitative estimate of drug-likeness (QED) is 0.571. The molecular formula is C20H21F2NO6. The number of hydrogen-bond donors (Lipinski definition) is 1. The topological polar surface area (TPSA) is 83.1 Å². The van der Waals surface area contributed by atoms with Gasteiger partial charge in [0.15, 0.2) is 6.61 Å². The largest absolute Gasteiger partial charge is 0.494 e. The first kappa shape index (κ1) is 21.9. The minimum atomic E-state index is -2.92. The van der Waals surface area contributed by atoms with Gasteiger partial charge in [0.1, 0.15) is 17.2 Å². The molecule has 1 amide bonds. The van der Waals surface area contributed by atoms with Crippen LogP contribution in [0, 0.1) is 0 Å². The Bertz CT molecular complexity index is 781. The first-order chi connectivity index (χ1) is 14.0. The third kappa shape index (κ3) is 8.46. The van der Waals surface area contributed by atoms with Crippen LogP contribution in [0.15, 0.2) is 48.5 Å². The summed E-state index contributed by atoms with van der Waals surface area (Å²) in [5, 5.41) is 2.47. The molecule has 0 spiro atoms. The summed E-state index contributed by atoms with van der Waals surface area (Å²) >= 11 is 0. The summed E-state index contributed by atoms with van der Waals surface area (Å²) in [7, 11) is 0. The summed E-state index contributed by atoms with van der Waals surface area (Å²) in [5.41, 5.74) is 0.353. The highest BCUT2D eigenvalue weighted by molar-refractivity contribution is 5.92. The van der Waals surface area contributed by atoms with E-state index in [1.54, 1.807) is 24.3 Å². The molecule has 0 atom stereocenters. The lowest BCUT2D eigenvalue weighted by atomic mass is 10.3. The predicted octanol–water partition coefficient (Wildman–Crippen LogP) is 3.64. The number of halogens is 2. The maximum atomic E-state index is 12.1. The molecule has 0 unspecified atom stereocenters. The summed E-state index contributed by atoms with van der Waals surface area (Å²) in [5.74, 6) is 0.122. The van der Waals surface area contributed by atoms with E-state index in [9.17, 15) is 18.4 Å². The maximum Gasteiger partial charge on any atom is 0.387 e. The highest BCUT2D eigenvalue weighted by atomic mass is 19.3. The summed E-state index contributed by atoms with van der Waals surface area (Å²) in [6, 6.07) is 12.3. The van der Waals surface area contributed by atoms with Crippen LogP contribution in [0.25, 0.3) is 0 Å². The minimum absolute atomic E-state index is 0.0276. The van der Waals surface area contributed by atoms with Crippen LogP contribution in [-0.2, 0) is 14.3 Å². The average Bonchev–Trinajstić information content (AvgIpc) is 2.69. The average molecular weight is 409 g/mol. The van der Waals surface area contributed by atoms with Crippen molar-refractivity contribution in [2.75, 3.05) is 25.1 Å². The van der Waals surface area contributed by atoms with Crippen molar-refractivity contribution in [1.82, 2.24) is 0 Å². The monoisotopic (exact) mass is 409 g/mol. The van der Waals surface area contributed by atoms with Crippen molar-refractivity contribution in [1.29, 1.82) is 0 Å². The summed E-state index contributed by atoms with van der Waals surface area (Å²) < 4.78 is 44.0. The zero-order valence-corrected chi connectivity index (χ0v) is 15.7. The Kier molecular flexibility index (Phi) is 8.68. The van der Waals surface area contributed by atoms with Crippen LogP contribution in [0.1, 0.15) is 13.3 Å². The van der Waals surface area contributed by atoms with E-state index < -0.39 is 25.1 Å². The summed E-state index contributed by atoms with van der Waals surface area (Å²) in [6.45, 7) is -0.846. The van der Waals surface area contributed by atoms with E-state index in [1.165, 1.54) is 24.3 Å². The van der Waals surface area contributed by atoms with Gasteiger partial charge < -0.3 is 24.3 Å². The van der Waals surface area contributed by atoms with Gasteiger partial charge in [0, 0.05) is 5.69 Å². The number of ether oxygens (including phenoxy) is 4. The highest BCUT2D eigenvalue weighted by Gasteiger charge is 2.09. The number of carbonyl (C=O) groups is 2. The van der Waals surface area contributed by atoms with Crippen LogP contribution < -0.4 is 19.5 Å². The number of rotatable bonds is 11. The summed E-state index contributed by atoms with van der Waals surface area (Å²) in [6.07, 6.45) is -0.0276. The zero-order chi connectivity index (χ0) is 21.1. The summed E-state index contributed by atoms with van der Waals surface area (Å²) in [4.78, 5) is 23.5. The Balaban J connectivity index is 1.64. The van der Waals surface area contributed by atoms with E-state index >= 15 is 0 Å². The lowest BCUT2D eigenvalue weighted by Gasteiger charge is -2.09. The number of amides is 1. The van der Waals surface area contributed by atoms with E-state index in [0.29, 0.717) is 18.0 Å². The van der Waals surface area contributed by atoms with Crippen LogP contribution >= 0.6 is 0 Å². The van der Waals surface area contributed by atoms with Crippen molar-refractivity contribution in [3.05, 3.63) is 48.5 Å². The van der Waals surface area contributed by atoms with E-state index in [4.69, 9.17) is 14.2 Å². The number of nitrogens with one attached hydrogen (secondary N) is 1. The Hall–Kier alpha value is -3.36. The van der Waals surface area contributed by atoms with Crippen molar-refractivity contribution in [2.24, 2.45) is 0 Å². The van der Waals surface area contributed by atoms with Gasteiger partial charge in [-0.1, -0.05) is 0 Å². The molecule has 2 aromatic carbocycles. The Morgan fingerprint density at radius 3 is 2.10 bits per heavy atom. The number of carbonyl (C=O) groups excluding carboxylic acids is 2. The van der Waals surface area contributed by atoms with E-state index in [1.807, 2.05) is 6.92 Å². The molecule has 0 radical (unpaired) electrons. The number of benzene rings is 2. The Morgan fingerprint density at radius 2 is 1.52 bits per heavy atom. The standard InChI is InChI=1S/C20H21F2NO6/c1-2-26-15-7-9-16(10-8-15)27-12-11-19(25)28-13-18(24)23-14-3-5-17(6-4-14)29-20(21)22/h3-10,20H,2,11-13H2,1H3,(H,23,24). The second kappa shape index (κ2) is 11.5. The van der Waals surface area contributed by atoms with Gasteiger partial charge in [-0.15, -0.1) is 0 Å². The number of alkyl halides is 2. The molecule has 156 valence electrons. The fourth-order valence-electron chi connectivity index (χ4n) is 2.19. The molecule has 1 N–H and O–H groups in total. The molecule has 0 aromatic heterocycles. The van der Waals surface area contributed by atoms with Crippen molar-refractivity contribution < 1.29 is 37.3 Å². The van der Waals surface area contributed by atoms with Crippen LogP contribution in [0.5, 0.6) is 17.2 Å². The lowest BCUT2D eigenvalue weighted by Crippen LogP contribution is -2.21. The molecule has 2 aromatic rings. The Morgan fingerprint density at radius 1 is 0.931 bits per heavy atom. The van der Waals surface area contributed by atoms with E-state index in [-0.39, 0.29) is 18.8 Å². The van der Waals surface area contributed by atoms with Crippen LogP contribution in [0.4, 0.5) is 14.5 Å². The van der Waals surface area contributed by atoms with Gasteiger partial charge in [0.25, 0.3) is 5.91 Å². The molecule has 0 aliphatic rings. The number of hydrogen-bond acceptors (Lipinski definition) is 6. The highest BCUT2D eigenvalue weighted by Crippen LogP contribution is 2.18. The maximum absolute atomic E-state index is 12.1. The predicted molar refractivity (Wildman–Crippen MR) is 100 cm³/mol. The van der Waals surface area contributed by atoms with Crippen LogP contribution in [-0.4, -0.2) is 38.3 Å². The van der Waals surface area contributed by atoms with Crippen molar-refractivity contribution in [2.45, 2.75) is 20.0 Å². The van der Waals surface area contributed by atoms with Gasteiger partial charge in [0.05, 0.1) is 19.6 Å². The second-order valence-electron chi connectivity index (χ2n) is 5.61. The molecule has 0 aliphatic heterocycles. The van der Waals surface area contributed by atoms with E-state index in [2.05, 4.69) is 10.1 Å². The molecule has 0 saturated carbocycles. The first-order valence-electron chi connectivity index (χ1n) is 8.82. The first-order valence-corrected chi connectivity index (χ1v) is 8.82. The van der Waals surface area contributed by atoms with Crippen molar-refractivity contribution in [3.63, 3.8) is 0 Å². The molecule has 0 aliphatic carbocycles. The van der Waals surface area contributed by atoms with Gasteiger partial charge >= 0.3 is 12.6 Å². The molecule has 0 saturated heterocycles. The van der Waals surface area contributed by atoms with Crippen LogP contribution in [0.3, 0.4) is 0 Å². The fourth-order valence-corrected chi connectivity index (χ4v) is 2.19. The second-order valence-corrected chi connectivity index (χ2v) is 5.61. The number of anilines is 1. The fraction of sp³-hybridized carbons (Fsp3) is 0.300. The molecule has 0 bridgehead atoms. The zero-order valence-electron chi connectivity index (χ0n) is 15.7. The van der Waals surface area contributed by atoms with E-state index in [0.717, 1.165) is 5.75 Å².